The summed E-state index contributed by atoms with van der Waals surface area (Å²) in [6.07, 6.45) is 0.0631. The van der Waals surface area contributed by atoms with Crippen LogP contribution in [-0.2, 0) is 20.8 Å². The zero-order chi connectivity index (χ0) is 15.7. The van der Waals surface area contributed by atoms with Crippen molar-refractivity contribution < 1.29 is 19.5 Å². The Labute approximate surface area is 137 Å². The van der Waals surface area contributed by atoms with Crippen molar-refractivity contribution in [3.8, 4) is 0 Å². The van der Waals surface area contributed by atoms with Crippen molar-refractivity contribution in [3.05, 3.63) is 44.4 Å². The normalized spacial score (nSPS) is 16.6. The van der Waals surface area contributed by atoms with E-state index in [2.05, 4.69) is 31.9 Å². The summed E-state index contributed by atoms with van der Waals surface area (Å²) in [5, 5.41) is 9.36. The summed E-state index contributed by atoms with van der Waals surface area (Å²) in [5.74, 6) is -2.52. The molecule has 7 heteroatoms. The smallest absolute Gasteiger partial charge is 0.327 e. The molecule has 0 saturated heterocycles. The molecule has 1 aliphatic rings. The number of amides is 2. The zero-order valence-corrected chi connectivity index (χ0v) is 14.1. The molecule has 2 rings (SSSR count). The van der Waals surface area contributed by atoms with Gasteiger partial charge >= 0.3 is 5.97 Å². The fraction of sp³-hybridized carbons (Fsp3) is 0.214. The monoisotopic (exact) mass is 415 g/mol. The summed E-state index contributed by atoms with van der Waals surface area (Å²) >= 11 is 5.98. The third-order valence-corrected chi connectivity index (χ3v) is 5.16. The van der Waals surface area contributed by atoms with Gasteiger partial charge in [0.15, 0.2) is 0 Å². The lowest BCUT2D eigenvalue weighted by Gasteiger charge is -2.22. The topological polar surface area (TPSA) is 74.7 Å². The second-order valence-electron chi connectivity index (χ2n) is 4.65. The lowest BCUT2D eigenvalue weighted by Crippen LogP contribution is -2.46. The number of nitrogens with zero attached hydrogens (tertiary/aromatic N) is 1. The van der Waals surface area contributed by atoms with E-state index < -0.39 is 23.8 Å². The highest BCUT2D eigenvalue weighted by atomic mass is 79.9. The van der Waals surface area contributed by atoms with Crippen molar-refractivity contribution in [2.45, 2.75) is 19.4 Å². The van der Waals surface area contributed by atoms with Crippen LogP contribution in [0.2, 0.25) is 0 Å². The minimum absolute atomic E-state index is 0.0441. The molecule has 1 heterocycles. The Balaban J connectivity index is 2.29. The summed E-state index contributed by atoms with van der Waals surface area (Å²) in [6.45, 7) is 1.92. The molecule has 1 unspecified atom stereocenters. The number of carbonyl (C=O) groups excluding carboxylic acids is 2. The Hall–Kier alpha value is -1.47. The van der Waals surface area contributed by atoms with Gasteiger partial charge in [-0.2, -0.15) is 0 Å². The van der Waals surface area contributed by atoms with Crippen LogP contribution in [0.25, 0.3) is 0 Å². The maximum atomic E-state index is 12.0. The van der Waals surface area contributed by atoms with Gasteiger partial charge < -0.3 is 5.11 Å². The molecule has 0 fully saturated rings. The Kier molecular flexibility index (Phi) is 4.63. The van der Waals surface area contributed by atoms with Crippen LogP contribution in [0.5, 0.6) is 0 Å². The van der Waals surface area contributed by atoms with Crippen molar-refractivity contribution in [2.75, 3.05) is 0 Å². The maximum Gasteiger partial charge on any atom is 0.327 e. The number of benzene rings is 1. The van der Waals surface area contributed by atoms with Crippen LogP contribution < -0.4 is 0 Å². The summed E-state index contributed by atoms with van der Waals surface area (Å²) in [5.41, 5.74) is 1.79. The second kappa shape index (κ2) is 6.11. The van der Waals surface area contributed by atoms with Crippen LogP contribution in [0.1, 0.15) is 11.1 Å². The van der Waals surface area contributed by atoms with Gasteiger partial charge in [-0.1, -0.05) is 29.8 Å². The van der Waals surface area contributed by atoms with E-state index in [0.717, 1.165) is 16.0 Å². The molecule has 21 heavy (non-hydrogen) atoms. The van der Waals surface area contributed by atoms with Gasteiger partial charge in [0.2, 0.25) is 0 Å². The molecule has 1 aliphatic heterocycles. The number of aryl methyl sites for hydroxylation is 1. The number of carboxylic acids is 1. The van der Waals surface area contributed by atoms with Gasteiger partial charge in [0.25, 0.3) is 11.8 Å². The van der Waals surface area contributed by atoms with Crippen molar-refractivity contribution in [1.82, 2.24) is 4.90 Å². The quantitative estimate of drug-likeness (QED) is 0.764. The first-order valence-electron chi connectivity index (χ1n) is 6.04. The molecule has 5 nitrogen and oxygen atoms in total. The molecule has 0 saturated carbocycles. The number of imide groups is 1. The van der Waals surface area contributed by atoms with E-state index in [0.29, 0.717) is 0 Å². The molecule has 0 bridgehead atoms. The lowest BCUT2D eigenvalue weighted by atomic mass is 10.0. The van der Waals surface area contributed by atoms with Crippen molar-refractivity contribution in [1.29, 1.82) is 0 Å². The third-order valence-electron chi connectivity index (χ3n) is 3.15. The number of hydrogen-bond donors (Lipinski definition) is 1. The van der Waals surface area contributed by atoms with Gasteiger partial charge in [-0.05, 0) is 44.3 Å². The predicted molar refractivity (Wildman–Crippen MR) is 83.0 cm³/mol. The molecular weight excluding hydrogens is 406 g/mol. The van der Waals surface area contributed by atoms with Crippen LogP contribution in [-0.4, -0.2) is 33.8 Å². The van der Waals surface area contributed by atoms with Gasteiger partial charge in [0.1, 0.15) is 15.0 Å². The Morgan fingerprint density at radius 2 is 1.62 bits per heavy atom. The SMILES string of the molecule is Cc1ccc(CC(C(=O)O)N2C(=O)C(Br)=C(Br)C2=O)cc1. The molecule has 0 aromatic heterocycles. The fourth-order valence-electron chi connectivity index (χ4n) is 2.01. The molecule has 0 spiro atoms. The number of carbonyl (C=O) groups is 3. The summed E-state index contributed by atoms with van der Waals surface area (Å²) < 4.78 is 0.0883. The zero-order valence-electron chi connectivity index (χ0n) is 11.0. The summed E-state index contributed by atoms with van der Waals surface area (Å²) in [4.78, 5) is 36.3. The summed E-state index contributed by atoms with van der Waals surface area (Å²) in [7, 11) is 0. The molecule has 1 aromatic rings. The van der Waals surface area contributed by atoms with Crippen LogP contribution in [0.3, 0.4) is 0 Å². The first-order valence-corrected chi connectivity index (χ1v) is 7.63. The molecule has 1 N–H and O–H groups in total. The van der Waals surface area contributed by atoms with E-state index >= 15 is 0 Å². The third kappa shape index (κ3) is 3.08. The van der Waals surface area contributed by atoms with Crippen molar-refractivity contribution in [2.24, 2.45) is 0 Å². The van der Waals surface area contributed by atoms with E-state index in [9.17, 15) is 19.5 Å². The molecular formula is C14H11Br2NO4. The van der Waals surface area contributed by atoms with E-state index in [1.807, 2.05) is 19.1 Å². The van der Waals surface area contributed by atoms with Crippen LogP contribution in [0.15, 0.2) is 33.2 Å². The highest BCUT2D eigenvalue weighted by Gasteiger charge is 2.43. The maximum absolute atomic E-state index is 12.0. The van der Waals surface area contributed by atoms with Crippen LogP contribution >= 0.6 is 31.9 Å². The first-order chi connectivity index (χ1) is 9.82. The van der Waals surface area contributed by atoms with Crippen molar-refractivity contribution >= 4 is 49.6 Å². The van der Waals surface area contributed by atoms with Gasteiger partial charge in [-0.25, -0.2) is 4.79 Å². The van der Waals surface area contributed by atoms with Crippen LogP contribution in [0, 0.1) is 6.92 Å². The number of hydrogen-bond acceptors (Lipinski definition) is 3. The minimum Gasteiger partial charge on any atom is -0.480 e. The first kappa shape index (κ1) is 15.9. The van der Waals surface area contributed by atoms with Crippen LogP contribution in [0.4, 0.5) is 0 Å². The molecule has 0 aliphatic carbocycles. The van der Waals surface area contributed by atoms with Gasteiger partial charge in [0, 0.05) is 6.42 Å². The highest BCUT2D eigenvalue weighted by Crippen LogP contribution is 2.31. The van der Waals surface area contributed by atoms with E-state index in [1.165, 1.54) is 0 Å². The minimum atomic E-state index is -1.24. The fourth-order valence-corrected chi connectivity index (χ4v) is 2.73. The lowest BCUT2D eigenvalue weighted by molar-refractivity contribution is -0.153. The molecule has 0 radical (unpaired) electrons. The predicted octanol–water partition coefficient (Wildman–Crippen LogP) is 2.36. The Bertz CT molecular complexity index is 627. The van der Waals surface area contributed by atoms with Crippen molar-refractivity contribution in [3.63, 3.8) is 0 Å². The summed E-state index contributed by atoms with van der Waals surface area (Å²) in [6, 6.07) is 6.04. The molecule has 1 atom stereocenters. The Morgan fingerprint density at radius 3 is 2.05 bits per heavy atom. The van der Waals surface area contributed by atoms with E-state index in [-0.39, 0.29) is 15.4 Å². The van der Waals surface area contributed by atoms with Gasteiger partial charge in [-0.3, -0.25) is 14.5 Å². The Morgan fingerprint density at radius 1 is 1.14 bits per heavy atom. The number of rotatable bonds is 4. The number of halogens is 2. The second-order valence-corrected chi connectivity index (χ2v) is 6.24. The largest absolute Gasteiger partial charge is 0.480 e. The van der Waals surface area contributed by atoms with Gasteiger partial charge in [0.05, 0.1) is 0 Å². The van der Waals surface area contributed by atoms with Gasteiger partial charge in [-0.15, -0.1) is 0 Å². The molecule has 1 aromatic carbocycles. The van der Waals surface area contributed by atoms with E-state index in [4.69, 9.17) is 0 Å². The van der Waals surface area contributed by atoms with E-state index in [1.54, 1.807) is 12.1 Å². The number of carboxylic acid groups (broad SMARTS) is 1. The standard InChI is InChI=1S/C14H11Br2NO4/c1-7-2-4-8(5-3-7)6-9(14(20)21)17-12(18)10(15)11(16)13(17)19/h2-5,9H,6H2,1H3,(H,20,21). The highest BCUT2D eigenvalue weighted by molar-refractivity contribution is 9.14. The average molecular weight is 417 g/mol. The average Bonchev–Trinajstić information content (AvgIpc) is 2.63. The number of aliphatic carboxylic acids is 1. The molecule has 2 amide bonds. The molecule has 110 valence electrons.